The summed E-state index contributed by atoms with van der Waals surface area (Å²) in [6.45, 7) is 0. The Labute approximate surface area is 124 Å². The fraction of sp³-hybridized carbons (Fsp3) is 0.133. The maximum atomic E-state index is 14.1. The van der Waals surface area contributed by atoms with Crippen molar-refractivity contribution in [3.63, 3.8) is 0 Å². The highest BCUT2D eigenvalue weighted by Gasteiger charge is 2.19. The average molecular weight is 370 g/mol. The Bertz CT molecular complexity index is 584. The zero-order valence-electron chi connectivity index (χ0n) is 10.0. The van der Waals surface area contributed by atoms with Crippen molar-refractivity contribution in [2.45, 2.75) is 5.92 Å². The van der Waals surface area contributed by atoms with Gasteiger partial charge in [0, 0.05) is 9.99 Å². The normalized spacial score (nSPS) is 12.1. The Hall–Kier alpha value is -1.43. The van der Waals surface area contributed by atoms with Crippen LogP contribution in [0.4, 0.5) is 4.39 Å². The molecule has 0 spiro atoms. The van der Waals surface area contributed by atoms with Crippen molar-refractivity contribution < 1.29 is 14.3 Å². The molecule has 0 radical (unpaired) electrons. The lowest BCUT2D eigenvalue weighted by Gasteiger charge is -2.11. The number of carboxylic acids is 1. The van der Waals surface area contributed by atoms with Crippen LogP contribution in [0.25, 0.3) is 11.1 Å². The van der Waals surface area contributed by atoms with Crippen LogP contribution in [0.15, 0.2) is 48.5 Å². The summed E-state index contributed by atoms with van der Waals surface area (Å²) in [6.07, 6.45) is 0. The summed E-state index contributed by atoms with van der Waals surface area (Å²) in [7, 11) is 0. The smallest absolute Gasteiger partial charge is 0.311 e. The first-order chi connectivity index (χ1) is 9.13. The minimum absolute atomic E-state index is 0.389. The highest BCUT2D eigenvalue weighted by Crippen LogP contribution is 2.27. The van der Waals surface area contributed by atoms with Gasteiger partial charge in [-0.15, -0.1) is 0 Å². The molecule has 19 heavy (non-hydrogen) atoms. The van der Waals surface area contributed by atoms with Crippen molar-refractivity contribution in [2.24, 2.45) is 0 Å². The number of halogens is 2. The maximum absolute atomic E-state index is 14.1. The molecule has 1 atom stereocenters. The van der Waals surface area contributed by atoms with E-state index in [1.807, 2.05) is 52.9 Å². The summed E-state index contributed by atoms with van der Waals surface area (Å²) in [5, 5.41) is 9.08. The highest BCUT2D eigenvalue weighted by molar-refractivity contribution is 14.1. The molecular weight excluding hydrogens is 358 g/mol. The number of aliphatic carboxylic acids is 1. The van der Waals surface area contributed by atoms with Gasteiger partial charge in [-0.3, -0.25) is 4.79 Å². The van der Waals surface area contributed by atoms with Crippen LogP contribution in [0.1, 0.15) is 11.5 Å². The molecule has 0 heterocycles. The van der Waals surface area contributed by atoms with Gasteiger partial charge in [0.15, 0.2) is 0 Å². The second kappa shape index (κ2) is 6.14. The molecule has 0 aliphatic rings. The number of alkyl halides is 1. The molecule has 0 aliphatic carbocycles. The summed E-state index contributed by atoms with van der Waals surface area (Å²) >= 11 is 2.00. The fourth-order valence-electron chi connectivity index (χ4n) is 1.90. The molecule has 0 saturated heterocycles. The first-order valence-corrected chi connectivity index (χ1v) is 7.29. The summed E-state index contributed by atoms with van der Waals surface area (Å²) in [6, 6.07) is 13.8. The zero-order valence-corrected chi connectivity index (χ0v) is 12.2. The molecule has 0 bridgehead atoms. The number of benzene rings is 2. The molecule has 0 fully saturated rings. The van der Waals surface area contributed by atoms with Crippen LogP contribution < -0.4 is 0 Å². The number of hydrogen-bond acceptors (Lipinski definition) is 1. The van der Waals surface area contributed by atoms with E-state index in [2.05, 4.69) is 0 Å². The Morgan fingerprint density at radius 2 is 1.89 bits per heavy atom. The zero-order chi connectivity index (χ0) is 13.8. The molecule has 98 valence electrons. The SMILES string of the molecule is O=C(O)[C@H](CI)c1ccc(-c2ccccc2)c(F)c1. The second-order valence-corrected chi connectivity index (χ2v) is 5.03. The number of carboxylic acid groups (broad SMARTS) is 1. The Morgan fingerprint density at radius 1 is 1.21 bits per heavy atom. The molecule has 0 amide bonds. The van der Waals surface area contributed by atoms with E-state index in [1.54, 1.807) is 12.1 Å². The Balaban J connectivity index is 2.40. The lowest BCUT2D eigenvalue weighted by Crippen LogP contribution is -2.13. The predicted molar refractivity (Wildman–Crippen MR) is 81.1 cm³/mol. The number of rotatable bonds is 4. The van der Waals surface area contributed by atoms with Crippen LogP contribution in [0.3, 0.4) is 0 Å². The van der Waals surface area contributed by atoms with Gasteiger partial charge < -0.3 is 5.11 Å². The third kappa shape index (κ3) is 3.12. The molecule has 2 rings (SSSR count). The third-order valence-corrected chi connectivity index (χ3v) is 3.81. The van der Waals surface area contributed by atoms with E-state index in [0.29, 0.717) is 15.6 Å². The van der Waals surface area contributed by atoms with Gasteiger partial charge >= 0.3 is 5.97 Å². The molecule has 0 aromatic heterocycles. The van der Waals surface area contributed by atoms with Crippen molar-refractivity contribution >= 4 is 28.6 Å². The van der Waals surface area contributed by atoms with Gasteiger partial charge in [-0.1, -0.05) is 65.1 Å². The molecular formula is C15H12FIO2. The van der Waals surface area contributed by atoms with Crippen molar-refractivity contribution in [2.75, 3.05) is 4.43 Å². The standard InChI is InChI=1S/C15H12FIO2/c16-14-8-11(13(9-17)15(18)19)6-7-12(14)10-4-2-1-3-5-10/h1-8,13H,9H2,(H,18,19)/t13-/m1/s1. The van der Waals surface area contributed by atoms with Crippen LogP contribution in [-0.2, 0) is 4.79 Å². The lowest BCUT2D eigenvalue weighted by atomic mass is 9.97. The molecule has 0 unspecified atom stereocenters. The second-order valence-electron chi connectivity index (χ2n) is 4.15. The summed E-state index contributed by atoms with van der Waals surface area (Å²) in [5.41, 5.74) is 1.77. The minimum atomic E-state index is -0.929. The third-order valence-electron chi connectivity index (χ3n) is 2.93. The molecule has 2 aromatic carbocycles. The van der Waals surface area contributed by atoms with Crippen molar-refractivity contribution in [3.8, 4) is 11.1 Å². The van der Waals surface area contributed by atoms with E-state index in [0.717, 1.165) is 5.56 Å². The molecule has 1 N–H and O–H groups in total. The van der Waals surface area contributed by atoms with Gasteiger partial charge in [0.1, 0.15) is 5.82 Å². The van der Waals surface area contributed by atoms with E-state index < -0.39 is 11.9 Å². The fourth-order valence-corrected chi connectivity index (χ4v) is 2.78. The van der Waals surface area contributed by atoms with E-state index >= 15 is 0 Å². The van der Waals surface area contributed by atoms with Gasteiger partial charge in [-0.2, -0.15) is 0 Å². The van der Waals surface area contributed by atoms with E-state index in [-0.39, 0.29) is 5.82 Å². The van der Waals surface area contributed by atoms with Crippen molar-refractivity contribution in [1.82, 2.24) is 0 Å². The first kappa shape index (κ1) is 14.0. The largest absolute Gasteiger partial charge is 0.481 e. The topological polar surface area (TPSA) is 37.3 Å². The van der Waals surface area contributed by atoms with Crippen LogP contribution in [0.5, 0.6) is 0 Å². The van der Waals surface area contributed by atoms with Gasteiger partial charge in [0.25, 0.3) is 0 Å². The average Bonchev–Trinajstić information content (AvgIpc) is 2.40. The van der Waals surface area contributed by atoms with Gasteiger partial charge in [-0.25, -0.2) is 4.39 Å². The quantitative estimate of drug-likeness (QED) is 0.650. The Morgan fingerprint density at radius 3 is 2.42 bits per heavy atom. The number of carbonyl (C=O) groups is 1. The monoisotopic (exact) mass is 370 g/mol. The van der Waals surface area contributed by atoms with Crippen LogP contribution in [0.2, 0.25) is 0 Å². The molecule has 0 saturated carbocycles. The summed E-state index contributed by atoms with van der Waals surface area (Å²) in [4.78, 5) is 11.1. The van der Waals surface area contributed by atoms with Crippen LogP contribution in [0, 0.1) is 5.82 Å². The predicted octanol–water partition coefficient (Wildman–Crippen LogP) is 4.10. The van der Waals surface area contributed by atoms with E-state index in [4.69, 9.17) is 5.11 Å². The van der Waals surface area contributed by atoms with Gasteiger partial charge in [-0.05, 0) is 17.2 Å². The van der Waals surface area contributed by atoms with Crippen LogP contribution in [-0.4, -0.2) is 15.5 Å². The Kier molecular flexibility index (Phi) is 4.52. The van der Waals surface area contributed by atoms with E-state index in [1.165, 1.54) is 6.07 Å². The van der Waals surface area contributed by atoms with E-state index in [9.17, 15) is 9.18 Å². The molecule has 0 aliphatic heterocycles. The van der Waals surface area contributed by atoms with Crippen molar-refractivity contribution in [1.29, 1.82) is 0 Å². The summed E-state index contributed by atoms with van der Waals surface area (Å²) < 4.78 is 14.5. The van der Waals surface area contributed by atoms with Crippen molar-refractivity contribution in [3.05, 3.63) is 59.9 Å². The van der Waals surface area contributed by atoms with Crippen LogP contribution >= 0.6 is 22.6 Å². The van der Waals surface area contributed by atoms with Gasteiger partial charge in [0.2, 0.25) is 0 Å². The van der Waals surface area contributed by atoms with Gasteiger partial charge in [0.05, 0.1) is 5.92 Å². The number of hydrogen-bond donors (Lipinski definition) is 1. The lowest BCUT2D eigenvalue weighted by molar-refractivity contribution is -0.138. The summed E-state index contributed by atoms with van der Waals surface area (Å²) in [5.74, 6) is -1.99. The molecule has 4 heteroatoms. The first-order valence-electron chi connectivity index (χ1n) is 5.77. The molecule has 2 nitrogen and oxygen atoms in total. The minimum Gasteiger partial charge on any atom is -0.481 e. The maximum Gasteiger partial charge on any atom is 0.311 e. The molecule has 2 aromatic rings. The highest BCUT2D eigenvalue weighted by atomic mass is 127.